The molecule has 2 aromatic heterocycles. The van der Waals surface area contributed by atoms with E-state index in [9.17, 15) is 0 Å². The molecular weight excluding hydrogens is 284 g/mol. The van der Waals surface area contributed by atoms with Gasteiger partial charge >= 0.3 is 0 Å². The van der Waals surface area contributed by atoms with Gasteiger partial charge in [0, 0.05) is 12.4 Å². The number of benzene rings is 1. The first-order valence-electron chi connectivity index (χ1n) is 4.91. The summed E-state index contributed by atoms with van der Waals surface area (Å²) in [5.41, 5.74) is 0.586. The summed E-state index contributed by atoms with van der Waals surface area (Å²) in [6.07, 6.45) is 5.01. The minimum atomic E-state index is 0.428. The second kappa shape index (κ2) is 4.14. The van der Waals surface area contributed by atoms with E-state index in [1.54, 1.807) is 23.1 Å². The molecule has 0 N–H and O–H groups in total. The Morgan fingerprint density at radius 1 is 1.24 bits per heavy atom. The van der Waals surface area contributed by atoms with Gasteiger partial charge in [-0.15, -0.1) is 10.2 Å². The van der Waals surface area contributed by atoms with Gasteiger partial charge in [0.25, 0.3) is 5.88 Å². The summed E-state index contributed by atoms with van der Waals surface area (Å²) >= 11 is 3.41. The zero-order valence-electron chi connectivity index (χ0n) is 8.62. The van der Waals surface area contributed by atoms with Crippen LogP contribution >= 0.6 is 15.9 Å². The van der Waals surface area contributed by atoms with Gasteiger partial charge in [-0.1, -0.05) is 12.1 Å². The molecule has 0 aliphatic heterocycles. The molecule has 5 nitrogen and oxygen atoms in total. The lowest BCUT2D eigenvalue weighted by atomic mass is 10.3. The van der Waals surface area contributed by atoms with Gasteiger partial charge in [-0.2, -0.15) is 0 Å². The minimum absolute atomic E-state index is 0.428. The Labute approximate surface area is 105 Å². The lowest BCUT2D eigenvalue weighted by molar-refractivity contribution is 0.462. The molecule has 1 aromatic carbocycles. The Morgan fingerprint density at radius 2 is 2.12 bits per heavy atom. The van der Waals surface area contributed by atoms with Crippen LogP contribution in [0.25, 0.3) is 5.65 Å². The Kier molecular flexibility index (Phi) is 2.49. The molecule has 0 radical (unpaired) electrons. The van der Waals surface area contributed by atoms with Crippen LogP contribution in [0, 0.1) is 0 Å². The highest BCUT2D eigenvalue weighted by atomic mass is 79.9. The summed E-state index contributed by atoms with van der Waals surface area (Å²) < 4.78 is 8.31. The van der Waals surface area contributed by atoms with E-state index < -0.39 is 0 Å². The van der Waals surface area contributed by atoms with Crippen LogP contribution in [-0.4, -0.2) is 19.6 Å². The number of hydrogen-bond acceptors (Lipinski definition) is 4. The summed E-state index contributed by atoms with van der Waals surface area (Å²) in [7, 11) is 0. The number of halogens is 1. The molecule has 17 heavy (non-hydrogen) atoms. The van der Waals surface area contributed by atoms with Crippen LogP contribution in [0.15, 0.2) is 47.5 Å². The van der Waals surface area contributed by atoms with Crippen LogP contribution in [0.2, 0.25) is 0 Å². The highest BCUT2D eigenvalue weighted by Gasteiger charge is 2.08. The van der Waals surface area contributed by atoms with E-state index >= 15 is 0 Å². The van der Waals surface area contributed by atoms with E-state index in [4.69, 9.17) is 4.74 Å². The molecule has 0 bridgehead atoms. The van der Waals surface area contributed by atoms with Crippen molar-refractivity contribution in [3.8, 4) is 11.6 Å². The van der Waals surface area contributed by atoms with Crippen molar-refractivity contribution in [2.75, 3.05) is 0 Å². The van der Waals surface area contributed by atoms with Crippen LogP contribution < -0.4 is 4.74 Å². The van der Waals surface area contributed by atoms with Gasteiger partial charge in [-0.3, -0.25) is 4.40 Å². The van der Waals surface area contributed by atoms with Gasteiger partial charge in [0.2, 0.25) is 5.65 Å². The third-order valence-electron chi connectivity index (χ3n) is 2.23. The minimum Gasteiger partial charge on any atom is -0.435 e. The predicted molar refractivity (Wildman–Crippen MR) is 65.0 cm³/mol. The topological polar surface area (TPSA) is 52.3 Å². The molecule has 0 saturated heterocycles. The molecule has 0 aliphatic rings. The number of nitrogens with zero attached hydrogens (tertiary/aromatic N) is 4. The highest BCUT2D eigenvalue weighted by Crippen LogP contribution is 2.29. The Bertz CT molecular complexity index is 667. The number of aromatic nitrogens is 4. The molecule has 84 valence electrons. The zero-order chi connectivity index (χ0) is 11.7. The predicted octanol–water partition coefficient (Wildman–Crippen LogP) is 2.68. The fraction of sp³-hybridized carbons (Fsp3) is 0. The summed E-state index contributed by atoms with van der Waals surface area (Å²) in [5, 5.41) is 7.76. The van der Waals surface area contributed by atoms with Crippen molar-refractivity contribution in [2.24, 2.45) is 0 Å². The summed E-state index contributed by atoms with van der Waals surface area (Å²) in [6.45, 7) is 0. The van der Waals surface area contributed by atoms with Crippen molar-refractivity contribution in [1.82, 2.24) is 19.6 Å². The molecule has 2 heterocycles. The third kappa shape index (κ3) is 1.87. The number of rotatable bonds is 2. The lowest BCUT2D eigenvalue weighted by Gasteiger charge is -2.06. The molecular formula is C11H7BrN4O. The standard InChI is InChI=1S/C11H7BrN4O/c12-8-3-1-2-4-9(8)17-11-10-15-14-7-16(10)6-5-13-11/h1-7H. The van der Waals surface area contributed by atoms with Crippen molar-refractivity contribution in [3.63, 3.8) is 0 Å². The second-order valence-corrected chi connectivity index (χ2v) is 4.18. The molecule has 0 unspecified atom stereocenters. The molecule has 0 atom stereocenters. The molecule has 0 aliphatic carbocycles. The number of ether oxygens (including phenoxy) is 1. The van der Waals surface area contributed by atoms with Crippen molar-refractivity contribution < 1.29 is 4.74 Å². The van der Waals surface area contributed by atoms with Gasteiger partial charge in [0.1, 0.15) is 12.1 Å². The van der Waals surface area contributed by atoms with E-state index in [-0.39, 0.29) is 0 Å². The monoisotopic (exact) mass is 290 g/mol. The molecule has 0 amide bonds. The SMILES string of the molecule is Brc1ccccc1Oc1nccn2cnnc12. The summed E-state index contributed by atoms with van der Waals surface area (Å²) in [6, 6.07) is 7.57. The van der Waals surface area contributed by atoms with Crippen molar-refractivity contribution >= 4 is 21.6 Å². The molecule has 0 fully saturated rings. The second-order valence-electron chi connectivity index (χ2n) is 3.33. The van der Waals surface area contributed by atoms with Crippen LogP contribution in [-0.2, 0) is 0 Å². The normalized spacial score (nSPS) is 10.6. The largest absolute Gasteiger partial charge is 0.435 e. The molecule has 6 heteroatoms. The third-order valence-corrected chi connectivity index (χ3v) is 2.88. The highest BCUT2D eigenvalue weighted by molar-refractivity contribution is 9.10. The van der Waals surface area contributed by atoms with Gasteiger partial charge in [-0.25, -0.2) is 4.98 Å². The van der Waals surface area contributed by atoms with E-state index in [1.807, 2.05) is 24.3 Å². The lowest BCUT2D eigenvalue weighted by Crippen LogP contribution is -1.93. The maximum Gasteiger partial charge on any atom is 0.265 e. The Balaban J connectivity index is 2.06. The average molecular weight is 291 g/mol. The fourth-order valence-corrected chi connectivity index (χ4v) is 1.80. The van der Waals surface area contributed by atoms with E-state index in [0.717, 1.165) is 4.47 Å². The Hall–Kier alpha value is -1.95. The first-order chi connectivity index (χ1) is 8.34. The number of hydrogen-bond donors (Lipinski definition) is 0. The van der Waals surface area contributed by atoms with Crippen molar-refractivity contribution in [3.05, 3.63) is 47.5 Å². The first-order valence-corrected chi connectivity index (χ1v) is 5.70. The smallest absolute Gasteiger partial charge is 0.265 e. The van der Waals surface area contributed by atoms with Crippen LogP contribution in [0.1, 0.15) is 0 Å². The quantitative estimate of drug-likeness (QED) is 0.728. The maximum absolute atomic E-state index is 5.70. The maximum atomic E-state index is 5.70. The Morgan fingerprint density at radius 3 is 3.00 bits per heavy atom. The average Bonchev–Trinajstić information content (AvgIpc) is 2.81. The molecule has 3 aromatic rings. The van der Waals surface area contributed by atoms with Crippen LogP contribution in [0.5, 0.6) is 11.6 Å². The molecule has 0 spiro atoms. The number of fused-ring (bicyclic) bond motifs is 1. The number of para-hydroxylation sites is 1. The van der Waals surface area contributed by atoms with Crippen LogP contribution in [0.3, 0.4) is 0 Å². The van der Waals surface area contributed by atoms with E-state index in [1.165, 1.54) is 0 Å². The van der Waals surface area contributed by atoms with Crippen LogP contribution in [0.4, 0.5) is 0 Å². The van der Waals surface area contributed by atoms with Crippen molar-refractivity contribution in [1.29, 1.82) is 0 Å². The molecule has 0 saturated carbocycles. The zero-order valence-corrected chi connectivity index (χ0v) is 10.2. The summed E-state index contributed by atoms with van der Waals surface area (Å²) in [4.78, 5) is 4.15. The fourth-order valence-electron chi connectivity index (χ4n) is 1.44. The van der Waals surface area contributed by atoms with E-state index in [0.29, 0.717) is 17.3 Å². The first kappa shape index (κ1) is 10.2. The molecule has 3 rings (SSSR count). The van der Waals surface area contributed by atoms with Gasteiger partial charge in [0.05, 0.1) is 4.47 Å². The van der Waals surface area contributed by atoms with Gasteiger partial charge < -0.3 is 4.74 Å². The van der Waals surface area contributed by atoms with Gasteiger partial charge in [0.15, 0.2) is 0 Å². The summed E-state index contributed by atoms with van der Waals surface area (Å²) in [5.74, 6) is 1.12. The van der Waals surface area contributed by atoms with E-state index in [2.05, 4.69) is 31.1 Å². The van der Waals surface area contributed by atoms with Crippen molar-refractivity contribution in [2.45, 2.75) is 0 Å². The van der Waals surface area contributed by atoms with Gasteiger partial charge in [-0.05, 0) is 28.1 Å².